The molecule has 5 heteroatoms. The largest absolute Gasteiger partial charge is 0.341 e. The molecule has 3 aliphatic rings. The third-order valence-electron chi connectivity index (χ3n) is 5.72. The van der Waals surface area contributed by atoms with E-state index in [0.29, 0.717) is 30.1 Å². The summed E-state index contributed by atoms with van der Waals surface area (Å²) >= 11 is 0. The maximum atomic E-state index is 12.9. The predicted molar refractivity (Wildman–Crippen MR) is 92.4 cm³/mol. The van der Waals surface area contributed by atoms with Crippen molar-refractivity contribution in [2.75, 3.05) is 19.6 Å². The van der Waals surface area contributed by atoms with Gasteiger partial charge in [-0.25, -0.2) is 0 Å². The van der Waals surface area contributed by atoms with Crippen LogP contribution in [0.15, 0.2) is 0 Å². The van der Waals surface area contributed by atoms with Crippen LogP contribution in [0.2, 0.25) is 0 Å². The fourth-order valence-corrected chi connectivity index (χ4v) is 4.77. The standard InChI is InChI=1S/C17H31N3O.ClH/c1-12(2)20-15-4-5-16(20)11-19(9-7-15)17(21)14-6-8-18-13(3)10-14;/h12-16,18H,4-11H2,1-3H3;1H/t13-,14-,15?,16?;/m0./s1. The highest BCUT2D eigenvalue weighted by Crippen LogP contribution is 2.33. The number of carbonyl (C=O) groups excluding carboxylic acids is 1. The average molecular weight is 330 g/mol. The zero-order valence-electron chi connectivity index (χ0n) is 14.3. The Balaban J connectivity index is 0.00000176. The molecule has 3 saturated heterocycles. The average Bonchev–Trinajstić information content (AvgIpc) is 2.73. The molecule has 0 aliphatic carbocycles. The SMILES string of the molecule is CC(C)N1C2CCC1CN(C(=O)[C@H]1CCN[C@@H](C)C1)CC2.Cl. The van der Waals surface area contributed by atoms with Gasteiger partial charge >= 0.3 is 0 Å². The molecule has 128 valence electrons. The van der Waals surface area contributed by atoms with Crippen molar-refractivity contribution < 1.29 is 4.79 Å². The van der Waals surface area contributed by atoms with Crippen molar-refractivity contribution in [3.63, 3.8) is 0 Å². The van der Waals surface area contributed by atoms with Gasteiger partial charge in [-0.2, -0.15) is 0 Å². The maximum Gasteiger partial charge on any atom is 0.225 e. The van der Waals surface area contributed by atoms with Crippen molar-refractivity contribution >= 4 is 18.3 Å². The number of nitrogens with zero attached hydrogens (tertiary/aromatic N) is 2. The van der Waals surface area contributed by atoms with Gasteiger partial charge in [-0.3, -0.25) is 9.69 Å². The lowest BCUT2D eigenvalue weighted by molar-refractivity contribution is -0.137. The van der Waals surface area contributed by atoms with Crippen LogP contribution in [0.4, 0.5) is 0 Å². The molecular weight excluding hydrogens is 298 g/mol. The number of amides is 1. The first kappa shape index (κ1) is 18.0. The van der Waals surface area contributed by atoms with Gasteiger partial charge in [-0.1, -0.05) is 0 Å². The summed E-state index contributed by atoms with van der Waals surface area (Å²) in [6, 6.07) is 2.40. The summed E-state index contributed by atoms with van der Waals surface area (Å²) in [6.07, 6.45) is 5.80. The zero-order chi connectivity index (χ0) is 15.0. The fourth-order valence-electron chi connectivity index (χ4n) is 4.77. The van der Waals surface area contributed by atoms with E-state index < -0.39 is 0 Å². The van der Waals surface area contributed by atoms with Crippen LogP contribution in [0.5, 0.6) is 0 Å². The molecule has 0 aromatic heterocycles. The summed E-state index contributed by atoms with van der Waals surface area (Å²) in [5, 5.41) is 3.45. The van der Waals surface area contributed by atoms with E-state index in [4.69, 9.17) is 0 Å². The number of hydrogen-bond acceptors (Lipinski definition) is 3. The second kappa shape index (κ2) is 7.50. The van der Waals surface area contributed by atoms with E-state index in [9.17, 15) is 4.79 Å². The van der Waals surface area contributed by atoms with E-state index in [1.807, 2.05) is 0 Å². The number of likely N-dealkylation sites (tertiary alicyclic amines) is 1. The summed E-state index contributed by atoms with van der Waals surface area (Å²) in [7, 11) is 0. The Morgan fingerprint density at radius 1 is 1.14 bits per heavy atom. The van der Waals surface area contributed by atoms with Crippen LogP contribution >= 0.6 is 12.4 Å². The van der Waals surface area contributed by atoms with Crippen molar-refractivity contribution in [2.24, 2.45) is 5.92 Å². The minimum absolute atomic E-state index is 0. The molecule has 2 unspecified atom stereocenters. The Morgan fingerprint density at radius 2 is 1.86 bits per heavy atom. The number of halogens is 1. The lowest BCUT2D eigenvalue weighted by Gasteiger charge is -2.34. The van der Waals surface area contributed by atoms with Crippen molar-refractivity contribution in [2.45, 2.75) is 77.0 Å². The number of carbonyl (C=O) groups is 1. The van der Waals surface area contributed by atoms with Gasteiger partial charge in [0.1, 0.15) is 0 Å². The van der Waals surface area contributed by atoms with Crippen molar-refractivity contribution in [1.82, 2.24) is 15.1 Å². The topological polar surface area (TPSA) is 35.6 Å². The molecule has 3 heterocycles. The molecule has 3 rings (SSSR count). The summed E-state index contributed by atoms with van der Waals surface area (Å²) in [5.41, 5.74) is 0. The van der Waals surface area contributed by atoms with E-state index in [1.54, 1.807) is 0 Å². The van der Waals surface area contributed by atoms with Gasteiger partial charge in [0.2, 0.25) is 5.91 Å². The van der Waals surface area contributed by atoms with Crippen LogP contribution in [0.25, 0.3) is 0 Å². The van der Waals surface area contributed by atoms with Gasteiger partial charge in [-0.15, -0.1) is 12.4 Å². The zero-order valence-corrected chi connectivity index (χ0v) is 15.1. The molecule has 0 radical (unpaired) electrons. The Hall–Kier alpha value is -0.320. The lowest BCUT2D eigenvalue weighted by Crippen LogP contribution is -2.47. The highest BCUT2D eigenvalue weighted by Gasteiger charge is 2.40. The smallest absolute Gasteiger partial charge is 0.225 e. The maximum absolute atomic E-state index is 12.9. The molecule has 0 aromatic rings. The second-order valence-corrected chi connectivity index (χ2v) is 7.58. The molecule has 1 amide bonds. The minimum atomic E-state index is 0. The summed E-state index contributed by atoms with van der Waals surface area (Å²) < 4.78 is 0. The van der Waals surface area contributed by atoms with Gasteiger partial charge in [0.05, 0.1) is 0 Å². The Labute approximate surface area is 141 Å². The van der Waals surface area contributed by atoms with Gasteiger partial charge < -0.3 is 10.2 Å². The van der Waals surface area contributed by atoms with Gasteiger partial charge in [-0.05, 0) is 59.4 Å². The third-order valence-corrected chi connectivity index (χ3v) is 5.72. The fraction of sp³-hybridized carbons (Fsp3) is 0.941. The van der Waals surface area contributed by atoms with E-state index >= 15 is 0 Å². The van der Waals surface area contributed by atoms with E-state index in [2.05, 4.69) is 35.9 Å². The summed E-state index contributed by atoms with van der Waals surface area (Å²) in [6.45, 7) is 9.74. The number of hydrogen-bond donors (Lipinski definition) is 1. The van der Waals surface area contributed by atoms with E-state index in [-0.39, 0.29) is 18.3 Å². The van der Waals surface area contributed by atoms with Crippen LogP contribution in [0, 0.1) is 5.92 Å². The van der Waals surface area contributed by atoms with Crippen LogP contribution < -0.4 is 5.32 Å². The Kier molecular flexibility index (Phi) is 6.14. The molecule has 1 N–H and O–H groups in total. The highest BCUT2D eigenvalue weighted by molar-refractivity contribution is 5.85. The summed E-state index contributed by atoms with van der Waals surface area (Å²) in [4.78, 5) is 17.8. The molecule has 4 atom stereocenters. The van der Waals surface area contributed by atoms with Crippen LogP contribution in [0.3, 0.4) is 0 Å². The minimum Gasteiger partial charge on any atom is -0.341 e. The monoisotopic (exact) mass is 329 g/mol. The lowest BCUT2D eigenvalue weighted by atomic mass is 9.91. The molecule has 0 spiro atoms. The van der Waals surface area contributed by atoms with E-state index in [0.717, 1.165) is 32.5 Å². The first-order valence-corrected chi connectivity index (χ1v) is 8.86. The predicted octanol–water partition coefficient (Wildman–Crippen LogP) is 2.27. The van der Waals surface area contributed by atoms with Crippen molar-refractivity contribution in [3.05, 3.63) is 0 Å². The Bertz CT molecular complexity index is 390. The molecule has 0 aromatic carbocycles. The van der Waals surface area contributed by atoms with E-state index in [1.165, 1.54) is 19.3 Å². The first-order valence-electron chi connectivity index (χ1n) is 8.86. The second-order valence-electron chi connectivity index (χ2n) is 7.58. The third kappa shape index (κ3) is 3.60. The van der Waals surface area contributed by atoms with Gasteiger partial charge in [0, 0.05) is 43.2 Å². The van der Waals surface area contributed by atoms with Crippen LogP contribution in [-0.4, -0.2) is 59.5 Å². The molecule has 22 heavy (non-hydrogen) atoms. The van der Waals surface area contributed by atoms with Gasteiger partial charge in [0.25, 0.3) is 0 Å². The number of nitrogens with one attached hydrogen (secondary N) is 1. The molecular formula is C17H32ClN3O. The molecule has 3 fully saturated rings. The normalized spacial score (nSPS) is 36.1. The molecule has 3 aliphatic heterocycles. The molecule has 2 bridgehead atoms. The first-order chi connectivity index (χ1) is 10.1. The van der Waals surface area contributed by atoms with Crippen molar-refractivity contribution in [3.8, 4) is 0 Å². The molecule has 0 saturated carbocycles. The van der Waals surface area contributed by atoms with Crippen LogP contribution in [-0.2, 0) is 4.79 Å². The van der Waals surface area contributed by atoms with Gasteiger partial charge in [0.15, 0.2) is 0 Å². The number of fused-ring (bicyclic) bond motifs is 2. The van der Waals surface area contributed by atoms with Crippen molar-refractivity contribution in [1.29, 1.82) is 0 Å². The molecule has 4 nitrogen and oxygen atoms in total. The number of rotatable bonds is 2. The Morgan fingerprint density at radius 3 is 2.55 bits per heavy atom. The quantitative estimate of drug-likeness (QED) is 0.844. The summed E-state index contributed by atoms with van der Waals surface area (Å²) in [5.74, 6) is 0.685. The van der Waals surface area contributed by atoms with Crippen LogP contribution in [0.1, 0.15) is 52.9 Å². The highest BCUT2D eigenvalue weighted by atomic mass is 35.5. The number of piperidine rings is 1.